The number of carboxylic acid groups (broad SMARTS) is 2. The van der Waals surface area contributed by atoms with Crippen LogP contribution in [-0.4, -0.2) is 46.5 Å². The van der Waals surface area contributed by atoms with Gasteiger partial charge in [-0.3, -0.25) is 4.90 Å². The number of nitrogens with zero attached hydrogens (tertiary/aromatic N) is 2. The molecule has 1 aliphatic carbocycles. The zero-order valence-corrected chi connectivity index (χ0v) is 24.9. The smallest absolute Gasteiger partial charge is 0.349 e. The topological polar surface area (TPSA) is 142 Å². The number of nitrogens with one attached hydrogen (secondary N) is 1. The molecule has 2 amide bonds. The molecular formula is C31H30ClN3O7S. The third kappa shape index (κ3) is 6.84. The van der Waals surface area contributed by atoms with Crippen molar-refractivity contribution in [3.05, 3.63) is 70.3 Å². The van der Waals surface area contributed by atoms with E-state index in [1.807, 2.05) is 36.4 Å². The lowest BCUT2D eigenvalue weighted by atomic mass is 9.89. The van der Waals surface area contributed by atoms with E-state index in [0.29, 0.717) is 45.7 Å². The Morgan fingerprint density at radius 1 is 1.07 bits per heavy atom. The Hall–Kier alpha value is -4.35. The van der Waals surface area contributed by atoms with Crippen molar-refractivity contribution >= 4 is 52.3 Å². The first-order valence-electron chi connectivity index (χ1n) is 13.8. The summed E-state index contributed by atoms with van der Waals surface area (Å²) in [6.45, 7) is 1.48. The Labute approximate surface area is 256 Å². The number of urea groups is 1. The first-order valence-corrected chi connectivity index (χ1v) is 15.0. The monoisotopic (exact) mass is 623 g/mol. The third-order valence-electron chi connectivity index (χ3n) is 7.32. The summed E-state index contributed by atoms with van der Waals surface area (Å²) in [6, 6.07) is 16.2. The number of benzene rings is 2. The Morgan fingerprint density at radius 3 is 2.49 bits per heavy atom. The summed E-state index contributed by atoms with van der Waals surface area (Å²) in [5, 5.41) is 25.9. The molecule has 0 spiro atoms. The minimum atomic E-state index is -1.29. The molecule has 0 atom stereocenters. The molecule has 5 rings (SSSR count). The first-order chi connectivity index (χ1) is 20.7. The highest BCUT2D eigenvalue weighted by Gasteiger charge is 2.28. The van der Waals surface area contributed by atoms with Gasteiger partial charge in [-0.2, -0.15) is 0 Å². The lowest BCUT2D eigenvalue weighted by Gasteiger charge is -2.30. The van der Waals surface area contributed by atoms with E-state index in [1.165, 1.54) is 6.42 Å². The predicted octanol–water partition coefficient (Wildman–Crippen LogP) is 7.81. The number of aliphatic carboxylic acids is 1. The highest BCUT2D eigenvalue weighted by atomic mass is 35.5. The summed E-state index contributed by atoms with van der Waals surface area (Å²) in [6.07, 6.45) is 5.39. The summed E-state index contributed by atoms with van der Waals surface area (Å²) in [4.78, 5) is 38.8. The van der Waals surface area contributed by atoms with E-state index in [1.54, 1.807) is 30.0 Å². The molecule has 0 saturated heterocycles. The van der Waals surface area contributed by atoms with Crippen LogP contribution in [0.2, 0.25) is 5.02 Å². The van der Waals surface area contributed by atoms with Gasteiger partial charge in [0.25, 0.3) is 0 Å². The zero-order valence-electron chi connectivity index (χ0n) is 23.3. The fraction of sp³-hybridized carbons (Fsp3) is 0.290. The molecule has 0 radical (unpaired) electrons. The zero-order chi connectivity index (χ0) is 30.5. The number of aromatic nitrogens is 1. The number of anilines is 2. The fourth-order valence-electron chi connectivity index (χ4n) is 5.22. The SMILES string of the molecule is Cc1onc(-c2ccccc2)c1NC(=O)N(CC1CCCCC1)c1cccc(-c2sc(C(=O)O)c(OCC(=O)O)c2Cl)c1. The Kier molecular flexibility index (Phi) is 9.32. The predicted molar refractivity (Wildman–Crippen MR) is 164 cm³/mol. The molecule has 0 bridgehead atoms. The summed E-state index contributed by atoms with van der Waals surface area (Å²) < 4.78 is 10.7. The summed E-state index contributed by atoms with van der Waals surface area (Å²) in [7, 11) is 0. The lowest BCUT2D eigenvalue weighted by Crippen LogP contribution is -2.39. The quantitative estimate of drug-likeness (QED) is 0.162. The number of ether oxygens (including phenoxy) is 1. The van der Waals surface area contributed by atoms with E-state index in [4.69, 9.17) is 26.0 Å². The van der Waals surface area contributed by atoms with Crippen molar-refractivity contribution in [3.63, 3.8) is 0 Å². The van der Waals surface area contributed by atoms with Gasteiger partial charge in [0, 0.05) is 17.8 Å². The number of hydrogen-bond acceptors (Lipinski definition) is 7. The van der Waals surface area contributed by atoms with Crippen LogP contribution in [0.25, 0.3) is 21.7 Å². The van der Waals surface area contributed by atoms with Crippen LogP contribution in [0.5, 0.6) is 5.75 Å². The van der Waals surface area contributed by atoms with Crippen LogP contribution < -0.4 is 15.0 Å². The number of aromatic carboxylic acids is 1. The van der Waals surface area contributed by atoms with Crippen molar-refractivity contribution in [1.29, 1.82) is 0 Å². The van der Waals surface area contributed by atoms with Gasteiger partial charge in [-0.15, -0.1) is 11.3 Å². The molecule has 1 fully saturated rings. The van der Waals surface area contributed by atoms with Crippen LogP contribution >= 0.6 is 22.9 Å². The van der Waals surface area contributed by atoms with Crippen LogP contribution in [0, 0.1) is 12.8 Å². The molecule has 10 nitrogen and oxygen atoms in total. The summed E-state index contributed by atoms with van der Waals surface area (Å²) in [5.74, 6) is -1.97. The van der Waals surface area contributed by atoms with Gasteiger partial charge < -0.3 is 24.8 Å². The Balaban J connectivity index is 1.50. The number of aryl methyl sites for hydroxylation is 1. The number of thiophene rings is 1. The van der Waals surface area contributed by atoms with Crippen molar-refractivity contribution in [3.8, 4) is 27.4 Å². The van der Waals surface area contributed by atoms with Crippen LogP contribution in [0.1, 0.15) is 47.5 Å². The average molecular weight is 624 g/mol. The van der Waals surface area contributed by atoms with Gasteiger partial charge in [0.15, 0.2) is 23.0 Å². The molecule has 0 aliphatic heterocycles. The van der Waals surface area contributed by atoms with Crippen molar-refractivity contribution in [2.45, 2.75) is 39.0 Å². The number of rotatable bonds is 10. The number of amides is 2. The van der Waals surface area contributed by atoms with E-state index in [-0.39, 0.29) is 21.7 Å². The van der Waals surface area contributed by atoms with Crippen molar-refractivity contribution in [2.75, 3.05) is 23.4 Å². The van der Waals surface area contributed by atoms with Crippen molar-refractivity contribution in [2.24, 2.45) is 5.92 Å². The van der Waals surface area contributed by atoms with Gasteiger partial charge >= 0.3 is 18.0 Å². The minimum absolute atomic E-state index is 0.00307. The van der Waals surface area contributed by atoms with Gasteiger partial charge in [-0.1, -0.05) is 78.5 Å². The van der Waals surface area contributed by atoms with E-state index >= 15 is 0 Å². The molecule has 1 aliphatic rings. The number of carbonyl (C=O) groups is 3. The van der Waals surface area contributed by atoms with Crippen LogP contribution in [0.3, 0.4) is 0 Å². The van der Waals surface area contributed by atoms with E-state index < -0.39 is 18.5 Å². The maximum atomic E-state index is 14.0. The summed E-state index contributed by atoms with van der Waals surface area (Å²) >= 11 is 7.43. The minimum Gasteiger partial charge on any atom is -0.479 e. The maximum Gasteiger partial charge on any atom is 0.349 e. The van der Waals surface area contributed by atoms with E-state index in [9.17, 15) is 19.5 Å². The number of halogens is 1. The molecule has 1 saturated carbocycles. The molecule has 4 aromatic rings. The van der Waals surface area contributed by atoms with Gasteiger partial charge in [0.05, 0.1) is 4.88 Å². The highest BCUT2D eigenvalue weighted by molar-refractivity contribution is 7.18. The molecule has 2 aromatic heterocycles. The highest BCUT2D eigenvalue weighted by Crippen LogP contribution is 2.46. The second-order valence-electron chi connectivity index (χ2n) is 10.3. The molecular weight excluding hydrogens is 594 g/mol. The second kappa shape index (κ2) is 13.3. The fourth-order valence-corrected chi connectivity index (χ4v) is 6.62. The Bertz CT molecular complexity index is 1630. The van der Waals surface area contributed by atoms with E-state index in [0.717, 1.165) is 42.6 Å². The Morgan fingerprint density at radius 2 is 1.79 bits per heavy atom. The average Bonchev–Trinajstić information content (AvgIpc) is 3.54. The molecule has 3 N–H and O–H groups in total. The van der Waals surface area contributed by atoms with Crippen LogP contribution in [0.4, 0.5) is 16.2 Å². The normalized spacial score (nSPS) is 13.4. The molecule has 12 heteroatoms. The van der Waals surface area contributed by atoms with Crippen molar-refractivity contribution in [1.82, 2.24) is 5.16 Å². The lowest BCUT2D eigenvalue weighted by molar-refractivity contribution is -0.139. The number of carboxylic acids is 2. The van der Waals surface area contributed by atoms with Gasteiger partial charge in [0.2, 0.25) is 0 Å². The van der Waals surface area contributed by atoms with Crippen molar-refractivity contribution < 1.29 is 33.9 Å². The number of carbonyl (C=O) groups excluding carboxylic acids is 1. The molecule has 224 valence electrons. The molecule has 0 unspecified atom stereocenters. The van der Waals surface area contributed by atoms with Crippen LogP contribution in [0.15, 0.2) is 59.1 Å². The molecule has 43 heavy (non-hydrogen) atoms. The van der Waals surface area contributed by atoms with Gasteiger partial charge in [-0.05, 0) is 43.4 Å². The maximum absolute atomic E-state index is 14.0. The second-order valence-corrected chi connectivity index (χ2v) is 11.7. The summed E-state index contributed by atoms with van der Waals surface area (Å²) in [5.41, 5.74) is 2.96. The first kappa shape index (κ1) is 30.1. The molecule has 2 aromatic carbocycles. The third-order valence-corrected chi connectivity index (χ3v) is 9.00. The standard InChI is InChI=1S/C31H30ClN3O7S/c1-18-25(26(34-42-18)20-11-6-3-7-12-20)33-31(40)35(16-19-9-4-2-5-10-19)22-14-8-13-21(15-22)28-24(32)27(41-17-23(36)37)29(43-28)30(38)39/h3,6-8,11-15,19H,2,4-5,9-10,16-17H2,1H3,(H,33,40)(H,36,37)(H,38,39). The van der Waals surface area contributed by atoms with Gasteiger partial charge in [0.1, 0.15) is 16.4 Å². The van der Waals surface area contributed by atoms with E-state index in [2.05, 4.69) is 10.5 Å². The largest absolute Gasteiger partial charge is 0.479 e. The molecule has 2 heterocycles. The van der Waals surface area contributed by atoms with Gasteiger partial charge in [-0.25, -0.2) is 14.4 Å². The number of hydrogen-bond donors (Lipinski definition) is 3. The van der Waals surface area contributed by atoms with Crippen LogP contribution in [-0.2, 0) is 4.79 Å².